The Hall–Kier alpha value is -1.48. The maximum Gasteiger partial charge on any atom is 0.275 e. The molecule has 3 aliphatic rings. The summed E-state index contributed by atoms with van der Waals surface area (Å²) in [6.07, 6.45) is 7.95. The maximum absolute atomic E-state index is 12.9. The van der Waals surface area contributed by atoms with Gasteiger partial charge in [-0.2, -0.15) is 0 Å². The number of β-amino-alcohol motifs (C(OH)–C–C–N with tert-alkyl or cyclic N) is 1. The fourth-order valence-corrected chi connectivity index (χ4v) is 5.18. The Bertz CT molecular complexity index is 717. The van der Waals surface area contributed by atoms with Gasteiger partial charge in [0.2, 0.25) is 5.89 Å². The van der Waals surface area contributed by atoms with Gasteiger partial charge in [0.05, 0.1) is 12.6 Å². The zero-order chi connectivity index (χ0) is 22.5. The minimum Gasteiger partial charge on any atom is -0.447 e. The van der Waals surface area contributed by atoms with E-state index in [0.717, 1.165) is 58.9 Å². The van der Waals surface area contributed by atoms with E-state index in [0.29, 0.717) is 24.2 Å². The van der Waals surface area contributed by atoms with Crippen LogP contribution in [0.3, 0.4) is 0 Å². The normalized spacial score (nSPS) is 23.7. The molecule has 1 unspecified atom stereocenters. The lowest BCUT2D eigenvalue weighted by Crippen LogP contribution is -2.52. The third-order valence-corrected chi connectivity index (χ3v) is 7.50. The number of carbonyl (C=O) groups is 1. The van der Waals surface area contributed by atoms with Crippen molar-refractivity contribution in [2.45, 2.75) is 64.6 Å². The van der Waals surface area contributed by atoms with Gasteiger partial charge in [-0.05, 0) is 18.8 Å². The number of rotatable bonds is 7. The highest BCUT2D eigenvalue weighted by molar-refractivity contribution is 5.92. The van der Waals surface area contributed by atoms with Gasteiger partial charge in [0.15, 0.2) is 5.69 Å². The average Bonchev–Trinajstić information content (AvgIpc) is 3.29. The molecule has 180 valence electrons. The van der Waals surface area contributed by atoms with Crippen LogP contribution in [0.2, 0.25) is 0 Å². The molecule has 8 heteroatoms. The summed E-state index contributed by atoms with van der Waals surface area (Å²) in [5, 5.41) is 10.1. The third-order valence-electron chi connectivity index (χ3n) is 7.50. The van der Waals surface area contributed by atoms with E-state index in [1.54, 1.807) is 0 Å². The molecule has 1 amide bonds. The number of hydrogen-bond donors (Lipinski definition) is 1. The van der Waals surface area contributed by atoms with Gasteiger partial charge in [-0.1, -0.05) is 33.1 Å². The summed E-state index contributed by atoms with van der Waals surface area (Å²) >= 11 is 0. The number of oxazole rings is 1. The Balaban J connectivity index is 1.21. The van der Waals surface area contributed by atoms with Crippen LogP contribution < -0.4 is 0 Å². The summed E-state index contributed by atoms with van der Waals surface area (Å²) in [5.41, 5.74) is 0.435. The van der Waals surface area contributed by atoms with Crippen molar-refractivity contribution in [2.75, 3.05) is 58.9 Å². The Labute approximate surface area is 192 Å². The van der Waals surface area contributed by atoms with Crippen molar-refractivity contribution in [1.29, 1.82) is 0 Å². The molecule has 1 N–H and O–H groups in total. The molecule has 1 aliphatic carbocycles. The van der Waals surface area contributed by atoms with Gasteiger partial charge in [0, 0.05) is 64.9 Å². The van der Waals surface area contributed by atoms with Crippen molar-refractivity contribution in [1.82, 2.24) is 24.6 Å². The number of nitrogens with zero attached hydrogens (tertiary/aromatic N) is 5. The van der Waals surface area contributed by atoms with Crippen LogP contribution in [0.4, 0.5) is 0 Å². The first-order valence-corrected chi connectivity index (χ1v) is 12.6. The summed E-state index contributed by atoms with van der Waals surface area (Å²) in [5.74, 6) is 0.896. The lowest BCUT2D eigenvalue weighted by Gasteiger charge is -2.40. The molecular weight excluding hydrogens is 406 g/mol. The summed E-state index contributed by atoms with van der Waals surface area (Å²) in [6.45, 7) is 12.7. The quantitative estimate of drug-likeness (QED) is 0.684. The van der Waals surface area contributed by atoms with Crippen LogP contribution in [0.25, 0.3) is 0 Å². The lowest BCUT2D eigenvalue weighted by atomic mass is 9.94. The van der Waals surface area contributed by atoms with Gasteiger partial charge in [-0.15, -0.1) is 0 Å². The minimum absolute atomic E-state index is 0.00390. The van der Waals surface area contributed by atoms with Crippen molar-refractivity contribution < 1.29 is 14.3 Å². The van der Waals surface area contributed by atoms with Crippen LogP contribution in [0.15, 0.2) is 10.7 Å². The van der Waals surface area contributed by atoms with Crippen molar-refractivity contribution in [2.24, 2.45) is 5.92 Å². The molecule has 3 heterocycles. The van der Waals surface area contributed by atoms with Crippen LogP contribution in [-0.4, -0.2) is 107 Å². The molecule has 3 fully saturated rings. The zero-order valence-electron chi connectivity index (χ0n) is 19.9. The lowest BCUT2D eigenvalue weighted by molar-refractivity contribution is 0.0463. The summed E-state index contributed by atoms with van der Waals surface area (Å²) in [7, 11) is 0. The second kappa shape index (κ2) is 11.1. The van der Waals surface area contributed by atoms with E-state index in [4.69, 9.17) is 4.42 Å². The minimum atomic E-state index is -0.272. The molecule has 1 atom stereocenters. The van der Waals surface area contributed by atoms with E-state index >= 15 is 0 Å². The zero-order valence-corrected chi connectivity index (χ0v) is 19.9. The monoisotopic (exact) mass is 447 g/mol. The van der Waals surface area contributed by atoms with E-state index in [9.17, 15) is 9.90 Å². The standard InChI is InChI=1S/C24H41N5O3/c1-19(2)22(30)16-26-8-10-27(11-9-26)17-23-25-21(18-32-23)24(31)29-14-12-28(13-15-29)20-6-4-3-5-7-20/h18-20,22,30H,3-17H2,1-2H3. The van der Waals surface area contributed by atoms with Crippen LogP contribution in [0, 0.1) is 5.92 Å². The van der Waals surface area contributed by atoms with Gasteiger partial charge in [-0.3, -0.25) is 19.5 Å². The molecule has 1 saturated carbocycles. The first-order chi connectivity index (χ1) is 15.5. The van der Waals surface area contributed by atoms with Gasteiger partial charge in [-0.25, -0.2) is 4.98 Å². The predicted molar refractivity (Wildman–Crippen MR) is 123 cm³/mol. The van der Waals surface area contributed by atoms with E-state index in [1.807, 2.05) is 4.90 Å². The highest BCUT2D eigenvalue weighted by Gasteiger charge is 2.29. The largest absolute Gasteiger partial charge is 0.447 e. The molecule has 2 aliphatic heterocycles. The molecule has 32 heavy (non-hydrogen) atoms. The maximum atomic E-state index is 12.9. The fourth-order valence-electron chi connectivity index (χ4n) is 5.18. The highest BCUT2D eigenvalue weighted by atomic mass is 16.3. The van der Waals surface area contributed by atoms with Crippen LogP contribution in [-0.2, 0) is 6.54 Å². The Kier molecular flexibility index (Phi) is 8.21. The van der Waals surface area contributed by atoms with E-state index in [-0.39, 0.29) is 17.9 Å². The summed E-state index contributed by atoms with van der Waals surface area (Å²) in [4.78, 5) is 26.6. The number of piperazine rings is 2. The number of aromatic nitrogens is 1. The molecule has 0 bridgehead atoms. The Morgan fingerprint density at radius 3 is 2.34 bits per heavy atom. The number of aliphatic hydroxyl groups excluding tert-OH is 1. The molecule has 4 rings (SSSR count). The van der Waals surface area contributed by atoms with Crippen LogP contribution >= 0.6 is 0 Å². The third kappa shape index (κ3) is 6.10. The average molecular weight is 448 g/mol. The first-order valence-electron chi connectivity index (χ1n) is 12.6. The topological polar surface area (TPSA) is 76.3 Å². The Morgan fingerprint density at radius 1 is 1.03 bits per heavy atom. The molecule has 0 spiro atoms. The number of aliphatic hydroxyl groups is 1. The number of carbonyl (C=O) groups excluding carboxylic acids is 1. The molecule has 0 aromatic carbocycles. The number of hydrogen-bond acceptors (Lipinski definition) is 7. The van der Waals surface area contributed by atoms with Crippen LogP contribution in [0.1, 0.15) is 62.3 Å². The van der Waals surface area contributed by atoms with Crippen molar-refractivity contribution in [3.63, 3.8) is 0 Å². The summed E-state index contributed by atoms with van der Waals surface area (Å²) < 4.78 is 5.65. The second-order valence-corrected chi connectivity index (χ2v) is 10.1. The van der Waals surface area contributed by atoms with Crippen molar-refractivity contribution >= 4 is 5.91 Å². The molecular formula is C24H41N5O3. The molecule has 0 radical (unpaired) electrons. The smallest absolute Gasteiger partial charge is 0.275 e. The molecule has 2 saturated heterocycles. The molecule has 1 aromatic rings. The number of amides is 1. The molecule has 1 aromatic heterocycles. The van der Waals surface area contributed by atoms with Gasteiger partial charge < -0.3 is 14.4 Å². The predicted octanol–water partition coefficient (Wildman–Crippen LogP) is 1.90. The van der Waals surface area contributed by atoms with Gasteiger partial charge in [0.25, 0.3) is 5.91 Å². The summed E-state index contributed by atoms with van der Waals surface area (Å²) in [6, 6.07) is 0.716. The SMILES string of the molecule is CC(C)C(O)CN1CCN(Cc2nc(C(=O)N3CCN(C4CCCCC4)CC3)co2)CC1. The van der Waals surface area contributed by atoms with Crippen LogP contribution in [0.5, 0.6) is 0 Å². The second-order valence-electron chi connectivity index (χ2n) is 10.1. The van der Waals surface area contributed by atoms with E-state index in [2.05, 4.69) is 33.5 Å². The Morgan fingerprint density at radius 2 is 1.69 bits per heavy atom. The van der Waals surface area contributed by atoms with Crippen molar-refractivity contribution in [3.8, 4) is 0 Å². The first kappa shape index (κ1) is 23.7. The fraction of sp³-hybridized carbons (Fsp3) is 0.833. The van der Waals surface area contributed by atoms with Gasteiger partial charge >= 0.3 is 0 Å². The molecule has 8 nitrogen and oxygen atoms in total. The van der Waals surface area contributed by atoms with E-state index in [1.165, 1.54) is 38.4 Å². The van der Waals surface area contributed by atoms with Crippen molar-refractivity contribution in [3.05, 3.63) is 17.8 Å². The van der Waals surface area contributed by atoms with Gasteiger partial charge in [0.1, 0.15) is 6.26 Å². The van der Waals surface area contributed by atoms with E-state index < -0.39 is 0 Å². The highest BCUT2D eigenvalue weighted by Crippen LogP contribution is 2.24.